The van der Waals surface area contributed by atoms with Crippen LogP contribution in [-0.2, 0) is 4.79 Å². The first-order chi connectivity index (χ1) is 13.5. The maximum Gasteiger partial charge on any atom is 0.223 e. The van der Waals surface area contributed by atoms with Crippen LogP contribution in [0.2, 0.25) is 0 Å². The Morgan fingerprint density at radius 2 is 2.04 bits per heavy atom. The van der Waals surface area contributed by atoms with Gasteiger partial charge in [-0.15, -0.1) is 11.3 Å². The number of halogens is 1. The first-order valence-corrected chi connectivity index (χ1v) is 9.30. The predicted octanol–water partition coefficient (Wildman–Crippen LogP) is 3.81. The van der Waals surface area contributed by atoms with E-state index in [0.717, 1.165) is 0 Å². The van der Waals surface area contributed by atoms with E-state index in [4.69, 9.17) is 0 Å². The van der Waals surface area contributed by atoms with E-state index < -0.39 is 5.82 Å². The van der Waals surface area contributed by atoms with Crippen molar-refractivity contribution in [2.75, 3.05) is 11.9 Å². The minimum Gasteiger partial charge on any atom is -0.313 e. The minimum atomic E-state index is -0.500. The average molecular weight is 394 g/mol. The molecule has 0 fully saturated rings. The van der Waals surface area contributed by atoms with Gasteiger partial charge in [-0.05, 0) is 35.7 Å². The summed E-state index contributed by atoms with van der Waals surface area (Å²) < 4.78 is 15.7. The number of anilines is 1. The minimum absolute atomic E-state index is 0.147. The van der Waals surface area contributed by atoms with Gasteiger partial charge in [-0.25, -0.2) is 13.9 Å². The summed E-state index contributed by atoms with van der Waals surface area (Å²) in [4.78, 5) is 30.7. The molecule has 0 N–H and O–H groups in total. The Hall–Kier alpha value is -3.39. The monoisotopic (exact) mass is 394 g/mol. The smallest absolute Gasteiger partial charge is 0.223 e. The molecule has 3 heterocycles. The summed E-state index contributed by atoms with van der Waals surface area (Å²) in [6.07, 6.45) is 3.19. The number of fused-ring (bicyclic) bond motifs is 1. The number of hydrogen-bond acceptors (Lipinski definition) is 5. The van der Waals surface area contributed by atoms with Crippen LogP contribution in [0.15, 0.2) is 54.2 Å². The standard InChI is InChI=1S/C20H15FN4O2S/c1-12(26)24(2)17-10-13(5-6-15(17)21)16-7-8-25-20(23-16)14(11-22-25)19(27)18-4-3-9-28-18/h3-11H,1-2H3. The van der Waals surface area contributed by atoms with Gasteiger partial charge in [0.05, 0.1) is 28.0 Å². The zero-order valence-corrected chi connectivity index (χ0v) is 15.9. The van der Waals surface area contributed by atoms with E-state index in [2.05, 4.69) is 10.1 Å². The summed E-state index contributed by atoms with van der Waals surface area (Å²) in [5, 5.41) is 6.03. The van der Waals surface area contributed by atoms with Gasteiger partial charge in [0.15, 0.2) is 5.65 Å². The first-order valence-electron chi connectivity index (χ1n) is 8.42. The molecule has 8 heteroatoms. The molecule has 4 aromatic rings. The molecular formula is C20H15FN4O2S. The second-order valence-electron chi connectivity index (χ2n) is 6.19. The van der Waals surface area contributed by atoms with Gasteiger partial charge in [0.1, 0.15) is 5.82 Å². The zero-order chi connectivity index (χ0) is 19.8. The number of rotatable bonds is 4. The molecule has 0 aliphatic rings. The van der Waals surface area contributed by atoms with Crippen LogP contribution in [0.5, 0.6) is 0 Å². The predicted molar refractivity (Wildman–Crippen MR) is 105 cm³/mol. The average Bonchev–Trinajstić information content (AvgIpc) is 3.36. The van der Waals surface area contributed by atoms with Crippen LogP contribution in [0.4, 0.5) is 10.1 Å². The highest BCUT2D eigenvalue weighted by atomic mass is 32.1. The zero-order valence-electron chi connectivity index (χ0n) is 15.1. The van der Waals surface area contributed by atoms with Gasteiger partial charge in [0.25, 0.3) is 0 Å². The molecule has 1 aromatic carbocycles. The van der Waals surface area contributed by atoms with Crippen molar-refractivity contribution in [3.05, 3.63) is 70.4 Å². The molecule has 3 aromatic heterocycles. The van der Waals surface area contributed by atoms with Crippen LogP contribution in [0.3, 0.4) is 0 Å². The summed E-state index contributed by atoms with van der Waals surface area (Å²) in [6, 6.07) is 9.74. The normalized spacial score (nSPS) is 11.0. The van der Waals surface area contributed by atoms with Gasteiger partial charge in [-0.2, -0.15) is 5.10 Å². The molecule has 0 bridgehead atoms. The molecule has 0 unspecified atom stereocenters. The van der Waals surface area contributed by atoms with Crippen molar-refractivity contribution >= 4 is 34.4 Å². The summed E-state index contributed by atoms with van der Waals surface area (Å²) in [5.41, 5.74) is 2.15. The van der Waals surface area contributed by atoms with Gasteiger partial charge in [-0.3, -0.25) is 9.59 Å². The van der Waals surface area contributed by atoms with Crippen LogP contribution < -0.4 is 4.90 Å². The Morgan fingerprint density at radius 3 is 2.75 bits per heavy atom. The number of hydrogen-bond donors (Lipinski definition) is 0. The van der Waals surface area contributed by atoms with E-state index in [-0.39, 0.29) is 17.4 Å². The molecule has 1 amide bonds. The van der Waals surface area contributed by atoms with Crippen molar-refractivity contribution in [3.63, 3.8) is 0 Å². The maximum absolute atomic E-state index is 14.2. The van der Waals surface area contributed by atoms with Crippen LogP contribution in [0.25, 0.3) is 16.9 Å². The molecule has 0 aliphatic heterocycles. The SMILES string of the molecule is CC(=O)N(C)c1cc(-c2ccn3ncc(C(=O)c4cccs4)c3n2)ccc1F. The Morgan fingerprint density at radius 1 is 1.21 bits per heavy atom. The molecule has 28 heavy (non-hydrogen) atoms. The van der Waals surface area contributed by atoms with Crippen molar-refractivity contribution in [2.45, 2.75) is 6.92 Å². The molecule has 0 saturated heterocycles. The highest BCUT2D eigenvalue weighted by Crippen LogP contribution is 2.27. The van der Waals surface area contributed by atoms with E-state index in [0.29, 0.717) is 27.3 Å². The second kappa shape index (κ2) is 6.97. The van der Waals surface area contributed by atoms with Gasteiger partial charge in [-0.1, -0.05) is 6.07 Å². The van der Waals surface area contributed by atoms with E-state index in [9.17, 15) is 14.0 Å². The van der Waals surface area contributed by atoms with Crippen LogP contribution in [-0.4, -0.2) is 33.3 Å². The van der Waals surface area contributed by atoms with Crippen LogP contribution in [0.1, 0.15) is 22.2 Å². The lowest BCUT2D eigenvalue weighted by Crippen LogP contribution is -2.23. The summed E-state index contributed by atoms with van der Waals surface area (Å²) in [6.45, 7) is 1.37. The topological polar surface area (TPSA) is 67.6 Å². The van der Waals surface area contributed by atoms with Crippen molar-refractivity contribution < 1.29 is 14.0 Å². The lowest BCUT2D eigenvalue weighted by Gasteiger charge is -2.16. The molecule has 0 atom stereocenters. The summed E-state index contributed by atoms with van der Waals surface area (Å²) in [7, 11) is 1.51. The highest BCUT2D eigenvalue weighted by Gasteiger charge is 2.18. The Labute approximate surface area is 163 Å². The third kappa shape index (κ3) is 3.07. The number of benzene rings is 1. The largest absolute Gasteiger partial charge is 0.313 e. The second-order valence-corrected chi connectivity index (χ2v) is 7.14. The lowest BCUT2D eigenvalue weighted by molar-refractivity contribution is -0.116. The number of carbonyl (C=O) groups excluding carboxylic acids is 2. The third-order valence-corrected chi connectivity index (χ3v) is 5.30. The highest BCUT2D eigenvalue weighted by molar-refractivity contribution is 7.12. The van der Waals surface area contributed by atoms with Gasteiger partial charge in [0.2, 0.25) is 11.7 Å². The number of nitrogens with zero attached hydrogens (tertiary/aromatic N) is 4. The van der Waals surface area contributed by atoms with Gasteiger partial charge in [0, 0.05) is 25.7 Å². The van der Waals surface area contributed by atoms with E-state index >= 15 is 0 Å². The molecule has 0 aliphatic carbocycles. The number of carbonyl (C=O) groups is 2. The van der Waals surface area contributed by atoms with Crippen LogP contribution in [0, 0.1) is 5.82 Å². The van der Waals surface area contributed by atoms with Gasteiger partial charge < -0.3 is 4.90 Å². The number of aromatic nitrogens is 3. The molecule has 4 rings (SSSR count). The molecule has 0 spiro atoms. The number of amides is 1. The van der Waals surface area contributed by atoms with Crippen LogP contribution >= 0.6 is 11.3 Å². The van der Waals surface area contributed by atoms with Crippen molar-refractivity contribution in [1.29, 1.82) is 0 Å². The first kappa shape index (κ1) is 18.0. The number of ketones is 1. The van der Waals surface area contributed by atoms with E-state index in [1.54, 1.807) is 30.5 Å². The number of thiophene rings is 1. The molecular weight excluding hydrogens is 379 g/mol. The van der Waals surface area contributed by atoms with Crippen molar-refractivity contribution in [2.24, 2.45) is 0 Å². The molecule has 6 nitrogen and oxygen atoms in total. The fourth-order valence-electron chi connectivity index (χ4n) is 2.83. The van der Waals surface area contributed by atoms with E-state index in [1.807, 2.05) is 11.4 Å². The maximum atomic E-state index is 14.2. The fraction of sp³-hybridized carbons (Fsp3) is 0.100. The van der Waals surface area contributed by atoms with Crippen molar-refractivity contribution in [1.82, 2.24) is 14.6 Å². The molecule has 0 radical (unpaired) electrons. The third-order valence-electron chi connectivity index (χ3n) is 4.43. The Kier molecular flexibility index (Phi) is 4.48. The summed E-state index contributed by atoms with van der Waals surface area (Å²) in [5.74, 6) is -0.926. The Balaban J connectivity index is 1.80. The molecule has 140 valence electrons. The molecule has 0 saturated carbocycles. The van der Waals surface area contributed by atoms with Crippen molar-refractivity contribution in [3.8, 4) is 11.3 Å². The van der Waals surface area contributed by atoms with Gasteiger partial charge >= 0.3 is 0 Å². The summed E-state index contributed by atoms with van der Waals surface area (Å²) >= 11 is 1.35. The lowest BCUT2D eigenvalue weighted by atomic mass is 10.1. The quantitative estimate of drug-likeness (QED) is 0.494. The Bertz CT molecular complexity index is 1200. The fourth-order valence-corrected chi connectivity index (χ4v) is 3.51. The van der Waals surface area contributed by atoms with E-state index in [1.165, 1.54) is 47.0 Å².